The highest BCUT2D eigenvalue weighted by atomic mass is 35.5. The number of nitrogens with zero attached hydrogens (tertiary/aromatic N) is 1. The van der Waals surface area contributed by atoms with E-state index in [0.29, 0.717) is 33.3 Å². The maximum Gasteiger partial charge on any atom is 0.331 e. The molecule has 0 fully saturated rings. The van der Waals surface area contributed by atoms with Crippen LogP contribution in [0.15, 0.2) is 42.5 Å². The second kappa shape index (κ2) is 8.46. The molecule has 1 amide bonds. The number of nitrogens with one attached hydrogen (secondary N) is 1. The molecule has 1 heterocycles. The zero-order chi connectivity index (χ0) is 20.1. The summed E-state index contributed by atoms with van der Waals surface area (Å²) < 4.78 is 15.6. The first-order valence-electron chi connectivity index (χ1n) is 8.25. The van der Waals surface area contributed by atoms with E-state index in [9.17, 15) is 9.59 Å². The minimum absolute atomic E-state index is 0.0934. The minimum Gasteiger partial charge on any atom is -0.454 e. The van der Waals surface area contributed by atoms with Crippen LogP contribution in [0.1, 0.15) is 18.1 Å². The summed E-state index contributed by atoms with van der Waals surface area (Å²) in [6.45, 7) is 1.55. The van der Waals surface area contributed by atoms with Crippen molar-refractivity contribution in [2.24, 2.45) is 0 Å². The maximum absolute atomic E-state index is 12.1. The lowest BCUT2D eigenvalue weighted by atomic mass is 10.2. The Hall–Kier alpha value is -3.50. The molecule has 1 atom stereocenters. The number of carbonyl (C=O) groups excluding carboxylic acids is 2. The van der Waals surface area contributed by atoms with E-state index in [0.717, 1.165) is 0 Å². The van der Waals surface area contributed by atoms with Gasteiger partial charge in [0.25, 0.3) is 5.91 Å². The van der Waals surface area contributed by atoms with Crippen molar-refractivity contribution in [1.82, 2.24) is 0 Å². The zero-order valence-corrected chi connectivity index (χ0v) is 15.5. The van der Waals surface area contributed by atoms with Crippen LogP contribution >= 0.6 is 11.6 Å². The van der Waals surface area contributed by atoms with Gasteiger partial charge in [0, 0.05) is 11.8 Å². The van der Waals surface area contributed by atoms with Gasteiger partial charge in [0.2, 0.25) is 6.79 Å². The number of hydrogen-bond donors (Lipinski definition) is 1. The lowest BCUT2D eigenvalue weighted by Gasteiger charge is -2.12. The van der Waals surface area contributed by atoms with Gasteiger partial charge in [0.1, 0.15) is 0 Å². The van der Waals surface area contributed by atoms with E-state index in [4.69, 9.17) is 31.1 Å². The number of halogens is 1. The van der Waals surface area contributed by atoms with Crippen LogP contribution in [0.2, 0.25) is 5.02 Å². The van der Waals surface area contributed by atoms with Gasteiger partial charge < -0.3 is 19.5 Å². The monoisotopic (exact) mass is 398 g/mol. The Morgan fingerprint density at radius 1 is 1.29 bits per heavy atom. The van der Waals surface area contributed by atoms with Crippen LogP contribution in [-0.2, 0) is 14.3 Å². The number of rotatable bonds is 5. The third kappa shape index (κ3) is 4.61. The summed E-state index contributed by atoms with van der Waals surface area (Å²) in [5.74, 6) is -0.209. The fourth-order valence-corrected chi connectivity index (χ4v) is 2.66. The Bertz CT molecular complexity index is 979. The van der Waals surface area contributed by atoms with Gasteiger partial charge in [0.05, 0.1) is 16.7 Å². The van der Waals surface area contributed by atoms with Crippen LogP contribution in [0.3, 0.4) is 0 Å². The Morgan fingerprint density at radius 3 is 2.75 bits per heavy atom. The van der Waals surface area contributed by atoms with E-state index in [-0.39, 0.29) is 6.79 Å². The molecule has 0 saturated carbocycles. The SMILES string of the molecule is C[C@@H](OC(=O)/C=C/c1cc(Cl)c2c(c1)OCO2)C(=O)Nc1ccc(C#N)cc1. The number of hydrogen-bond acceptors (Lipinski definition) is 6. The van der Waals surface area contributed by atoms with Gasteiger partial charge in [-0.15, -0.1) is 0 Å². The molecule has 7 nitrogen and oxygen atoms in total. The van der Waals surface area contributed by atoms with Crippen LogP contribution < -0.4 is 14.8 Å². The highest BCUT2D eigenvalue weighted by molar-refractivity contribution is 6.32. The molecule has 0 aliphatic carbocycles. The maximum atomic E-state index is 12.1. The summed E-state index contributed by atoms with van der Waals surface area (Å²) in [6.07, 6.45) is 1.69. The normalized spacial score (nSPS) is 13.0. The van der Waals surface area contributed by atoms with Crippen molar-refractivity contribution >= 4 is 35.2 Å². The lowest BCUT2D eigenvalue weighted by Crippen LogP contribution is -2.29. The van der Waals surface area contributed by atoms with Gasteiger partial charge in [-0.2, -0.15) is 5.26 Å². The van der Waals surface area contributed by atoms with Crippen molar-refractivity contribution < 1.29 is 23.8 Å². The summed E-state index contributed by atoms with van der Waals surface area (Å²) >= 11 is 6.09. The molecule has 0 bridgehead atoms. The highest BCUT2D eigenvalue weighted by Crippen LogP contribution is 2.40. The zero-order valence-electron chi connectivity index (χ0n) is 14.8. The second-order valence-corrected chi connectivity index (χ2v) is 6.23. The third-order valence-electron chi connectivity index (χ3n) is 3.81. The van der Waals surface area contributed by atoms with Gasteiger partial charge in [-0.05, 0) is 55.0 Å². The average Bonchev–Trinajstić information content (AvgIpc) is 3.16. The topological polar surface area (TPSA) is 97.7 Å². The average molecular weight is 399 g/mol. The molecule has 1 N–H and O–H groups in total. The van der Waals surface area contributed by atoms with Gasteiger partial charge in [0.15, 0.2) is 17.6 Å². The van der Waals surface area contributed by atoms with Gasteiger partial charge in [-0.25, -0.2) is 4.79 Å². The first kappa shape index (κ1) is 19.3. The largest absolute Gasteiger partial charge is 0.454 e. The van der Waals surface area contributed by atoms with E-state index in [1.54, 1.807) is 36.4 Å². The van der Waals surface area contributed by atoms with Crippen molar-refractivity contribution in [3.8, 4) is 17.6 Å². The van der Waals surface area contributed by atoms with E-state index in [2.05, 4.69) is 5.32 Å². The first-order chi connectivity index (χ1) is 13.5. The van der Waals surface area contributed by atoms with Gasteiger partial charge in [-0.3, -0.25) is 4.79 Å². The molecule has 2 aromatic carbocycles. The molecular weight excluding hydrogens is 384 g/mol. The number of carbonyl (C=O) groups is 2. The van der Waals surface area contributed by atoms with E-state index in [1.165, 1.54) is 19.1 Å². The molecular formula is C20H15ClN2O5. The molecule has 1 aliphatic heterocycles. The molecule has 0 unspecified atom stereocenters. The summed E-state index contributed by atoms with van der Waals surface area (Å²) in [5.41, 5.74) is 1.60. The quantitative estimate of drug-likeness (QED) is 0.611. The van der Waals surface area contributed by atoms with Crippen molar-refractivity contribution in [2.45, 2.75) is 13.0 Å². The molecule has 2 aromatic rings. The number of fused-ring (bicyclic) bond motifs is 1. The summed E-state index contributed by atoms with van der Waals surface area (Å²) in [5, 5.41) is 11.8. The molecule has 0 aromatic heterocycles. The number of ether oxygens (including phenoxy) is 3. The predicted octanol–water partition coefficient (Wildman–Crippen LogP) is 3.52. The predicted molar refractivity (Wildman–Crippen MR) is 102 cm³/mol. The summed E-state index contributed by atoms with van der Waals surface area (Å²) in [7, 11) is 0. The highest BCUT2D eigenvalue weighted by Gasteiger charge is 2.19. The van der Waals surface area contributed by atoms with Crippen molar-refractivity contribution in [2.75, 3.05) is 12.1 Å². The third-order valence-corrected chi connectivity index (χ3v) is 4.09. The Balaban J connectivity index is 1.56. The fourth-order valence-electron chi connectivity index (χ4n) is 2.39. The van der Waals surface area contributed by atoms with Crippen molar-refractivity contribution in [3.05, 3.63) is 58.6 Å². The van der Waals surface area contributed by atoms with Crippen LogP contribution in [-0.4, -0.2) is 24.8 Å². The smallest absolute Gasteiger partial charge is 0.331 e. The Kier molecular flexibility index (Phi) is 5.82. The Labute approximate surface area is 166 Å². The van der Waals surface area contributed by atoms with Crippen molar-refractivity contribution in [1.29, 1.82) is 5.26 Å². The van der Waals surface area contributed by atoms with Crippen LogP contribution in [0.4, 0.5) is 5.69 Å². The molecule has 0 saturated heterocycles. The first-order valence-corrected chi connectivity index (χ1v) is 8.63. The van der Waals surface area contributed by atoms with Crippen LogP contribution in [0, 0.1) is 11.3 Å². The number of esters is 1. The van der Waals surface area contributed by atoms with Crippen molar-refractivity contribution in [3.63, 3.8) is 0 Å². The fraction of sp³-hybridized carbons (Fsp3) is 0.150. The molecule has 28 heavy (non-hydrogen) atoms. The minimum atomic E-state index is -1.01. The Morgan fingerprint density at radius 2 is 2.04 bits per heavy atom. The molecule has 0 radical (unpaired) electrons. The van der Waals surface area contributed by atoms with Crippen LogP contribution in [0.25, 0.3) is 6.08 Å². The molecule has 0 spiro atoms. The molecule has 8 heteroatoms. The molecule has 1 aliphatic rings. The number of anilines is 1. The number of nitriles is 1. The molecule has 3 rings (SSSR count). The number of amides is 1. The summed E-state index contributed by atoms with van der Waals surface area (Å²) in [6, 6.07) is 11.6. The lowest BCUT2D eigenvalue weighted by molar-refractivity contribution is -0.148. The van der Waals surface area contributed by atoms with E-state index in [1.807, 2.05) is 6.07 Å². The van der Waals surface area contributed by atoms with Gasteiger partial charge >= 0.3 is 5.97 Å². The second-order valence-electron chi connectivity index (χ2n) is 5.83. The summed E-state index contributed by atoms with van der Waals surface area (Å²) in [4.78, 5) is 24.1. The van der Waals surface area contributed by atoms with Gasteiger partial charge in [-0.1, -0.05) is 11.6 Å². The standard InChI is InChI=1S/C20H15ClN2O5/c1-12(20(25)23-15-5-2-13(10-22)3-6-15)28-18(24)7-4-14-8-16(21)19-17(9-14)26-11-27-19/h2-9,12H,11H2,1H3,(H,23,25)/b7-4+/t12-/m1/s1. The van der Waals surface area contributed by atoms with Crippen LogP contribution in [0.5, 0.6) is 11.5 Å². The molecule has 142 valence electrons. The van der Waals surface area contributed by atoms with E-state index >= 15 is 0 Å². The van der Waals surface area contributed by atoms with E-state index < -0.39 is 18.0 Å². The number of benzene rings is 2.